The average Bonchev–Trinajstić information content (AvgIpc) is 2.27. The highest BCUT2D eigenvalue weighted by Crippen LogP contribution is 2.22. The van der Waals surface area contributed by atoms with E-state index in [-0.39, 0.29) is 16.6 Å². The largest absolute Gasteiger partial charge is 0.308 e. The van der Waals surface area contributed by atoms with Gasteiger partial charge in [0.2, 0.25) is 0 Å². The van der Waals surface area contributed by atoms with E-state index >= 15 is 0 Å². The lowest BCUT2D eigenvalue weighted by atomic mass is 9.85. The van der Waals surface area contributed by atoms with Crippen LogP contribution in [0, 0.1) is 0 Å². The number of rotatable bonds is 10. The van der Waals surface area contributed by atoms with Crippen LogP contribution in [0.3, 0.4) is 0 Å². The molecule has 22 heavy (non-hydrogen) atoms. The maximum Gasteiger partial charge on any atom is 0.0283 e. The Morgan fingerprint density at radius 1 is 0.682 bits per heavy atom. The van der Waals surface area contributed by atoms with Crippen LogP contribution >= 0.6 is 0 Å². The van der Waals surface area contributed by atoms with Gasteiger partial charge in [-0.25, -0.2) is 0 Å². The van der Waals surface area contributed by atoms with Gasteiger partial charge in [-0.05, 0) is 61.8 Å². The van der Waals surface area contributed by atoms with E-state index in [9.17, 15) is 0 Å². The summed E-state index contributed by atoms with van der Waals surface area (Å²) in [5, 5.41) is 7.68. The summed E-state index contributed by atoms with van der Waals surface area (Å²) in [4.78, 5) is 0. The van der Waals surface area contributed by atoms with E-state index in [1.165, 1.54) is 44.9 Å². The first-order valence-electron chi connectivity index (χ1n) is 9.44. The van der Waals surface area contributed by atoms with Crippen LogP contribution in [0.1, 0.15) is 107 Å². The maximum absolute atomic E-state index is 3.86. The Kier molecular flexibility index (Phi) is 9.24. The molecule has 1 atom stereocenters. The topological polar surface area (TPSA) is 24.1 Å². The second-order valence-electron chi connectivity index (χ2n) is 9.60. The molecule has 0 aromatic rings. The molecule has 2 heteroatoms. The van der Waals surface area contributed by atoms with Crippen molar-refractivity contribution in [2.24, 2.45) is 0 Å². The van der Waals surface area contributed by atoms with E-state index in [1.807, 2.05) is 0 Å². The average molecular weight is 313 g/mol. The van der Waals surface area contributed by atoms with Crippen molar-refractivity contribution in [3.05, 3.63) is 0 Å². The third-order valence-corrected chi connectivity index (χ3v) is 4.02. The van der Waals surface area contributed by atoms with Crippen LogP contribution in [0.25, 0.3) is 0 Å². The molecule has 0 amide bonds. The summed E-state index contributed by atoms with van der Waals surface area (Å²) in [7, 11) is 0. The molecule has 1 unspecified atom stereocenters. The quantitative estimate of drug-likeness (QED) is 0.509. The zero-order chi connectivity index (χ0) is 17.4. The summed E-state index contributed by atoms with van der Waals surface area (Å²) in [6.07, 6.45) is 9.46. The van der Waals surface area contributed by atoms with Gasteiger partial charge in [0, 0.05) is 22.7 Å². The van der Waals surface area contributed by atoms with Gasteiger partial charge in [-0.3, -0.25) is 0 Å². The predicted octanol–water partition coefficient (Wildman–Crippen LogP) is 5.66. The van der Waals surface area contributed by atoms with Gasteiger partial charge in [-0.1, -0.05) is 45.4 Å². The molecule has 0 radical (unpaired) electrons. The molecule has 0 aliphatic rings. The number of hydrogen-bond acceptors (Lipinski definition) is 2. The fourth-order valence-corrected chi connectivity index (χ4v) is 3.32. The Morgan fingerprint density at radius 2 is 1.18 bits per heavy atom. The van der Waals surface area contributed by atoms with Crippen LogP contribution in [0.4, 0.5) is 0 Å². The smallest absolute Gasteiger partial charge is 0.0283 e. The molecule has 2 N–H and O–H groups in total. The molecule has 0 aliphatic carbocycles. The minimum atomic E-state index is 0.0922. The molecule has 0 aromatic heterocycles. The minimum absolute atomic E-state index is 0.0922. The summed E-state index contributed by atoms with van der Waals surface area (Å²) < 4.78 is 0. The van der Waals surface area contributed by atoms with Crippen LogP contribution in [0.15, 0.2) is 0 Å². The van der Waals surface area contributed by atoms with E-state index in [2.05, 4.69) is 72.9 Å². The molecule has 134 valence electrons. The normalized spacial score (nSPS) is 15.1. The van der Waals surface area contributed by atoms with Crippen molar-refractivity contribution in [3.8, 4) is 0 Å². The lowest BCUT2D eigenvalue weighted by Gasteiger charge is -2.44. The van der Waals surface area contributed by atoms with E-state index in [4.69, 9.17) is 0 Å². The highest BCUT2D eigenvalue weighted by molar-refractivity contribution is 4.97. The van der Waals surface area contributed by atoms with Gasteiger partial charge in [0.15, 0.2) is 0 Å². The maximum atomic E-state index is 3.86. The third-order valence-electron chi connectivity index (χ3n) is 4.02. The van der Waals surface area contributed by atoms with Crippen LogP contribution in [0.2, 0.25) is 0 Å². The van der Waals surface area contributed by atoms with Gasteiger partial charge >= 0.3 is 0 Å². The molecule has 0 aliphatic heterocycles. The number of nitrogens with one attached hydrogen (secondary N) is 2. The van der Waals surface area contributed by atoms with Gasteiger partial charge in [-0.2, -0.15) is 0 Å². The second kappa shape index (κ2) is 9.27. The van der Waals surface area contributed by atoms with Crippen LogP contribution in [0.5, 0.6) is 0 Å². The molecule has 0 saturated carbocycles. The third kappa shape index (κ3) is 11.5. The minimum Gasteiger partial charge on any atom is -0.308 e. The van der Waals surface area contributed by atoms with Gasteiger partial charge in [0.05, 0.1) is 0 Å². The standard InChI is InChI=1S/C20H44N2/c1-10-11-12-13-14-15-16-17(21-18(2,3)4)20(8,9)22-19(5,6)7/h17,21-22H,10-16H2,1-9H3. The highest BCUT2D eigenvalue weighted by atomic mass is 15.1. The SMILES string of the molecule is CCCCCCCCC(NC(C)(C)C)C(C)(C)NC(C)(C)C. The lowest BCUT2D eigenvalue weighted by molar-refractivity contribution is 0.178. The Labute approximate surface area is 141 Å². The van der Waals surface area contributed by atoms with E-state index in [0.29, 0.717) is 6.04 Å². The summed E-state index contributed by atoms with van der Waals surface area (Å²) in [6, 6.07) is 0.498. The van der Waals surface area contributed by atoms with E-state index < -0.39 is 0 Å². The first-order valence-corrected chi connectivity index (χ1v) is 9.44. The monoisotopic (exact) mass is 312 g/mol. The predicted molar refractivity (Wildman–Crippen MR) is 102 cm³/mol. The van der Waals surface area contributed by atoms with Crippen LogP contribution < -0.4 is 10.6 Å². The molecule has 0 rings (SSSR count). The number of hydrogen-bond donors (Lipinski definition) is 2. The van der Waals surface area contributed by atoms with Crippen molar-refractivity contribution in [2.45, 2.75) is 130 Å². The molecule has 2 nitrogen and oxygen atoms in total. The lowest BCUT2D eigenvalue weighted by Crippen LogP contribution is -2.63. The second-order valence-corrected chi connectivity index (χ2v) is 9.60. The Morgan fingerprint density at radius 3 is 1.64 bits per heavy atom. The molecule has 0 bridgehead atoms. The van der Waals surface area contributed by atoms with Crippen LogP contribution in [-0.4, -0.2) is 22.7 Å². The van der Waals surface area contributed by atoms with Gasteiger partial charge < -0.3 is 10.6 Å². The molecular weight excluding hydrogens is 268 g/mol. The summed E-state index contributed by atoms with van der Waals surface area (Å²) >= 11 is 0. The first-order chi connectivity index (χ1) is 9.87. The molecule has 0 fully saturated rings. The zero-order valence-electron chi connectivity index (χ0n) is 17.0. The van der Waals surface area contributed by atoms with Crippen molar-refractivity contribution in [3.63, 3.8) is 0 Å². The zero-order valence-corrected chi connectivity index (χ0v) is 17.0. The van der Waals surface area contributed by atoms with Gasteiger partial charge in [0.25, 0.3) is 0 Å². The van der Waals surface area contributed by atoms with Crippen molar-refractivity contribution in [1.82, 2.24) is 10.6 Å². The summed E-state index contributed by atoms with van der Waals surface area (Å²) in [5.41, 5.74) is 0.390. The molecule has 0 saturated heterocycles. The molecule has 0 spiro atoms. The Bertz CT molecular complexity index is 281. The van der Waals surface area contributed by atoms with Gasteiger partial charge in [0.1, 0.15) is 0 Å². The fourth-order valence-electron chi connectivity index (χ4n) is 3.32. The van der Waals surface area contributed by atoms with Crippen molar-refractivity contribution in [1.29, 1.82) is 0 Å². The fraction of sp³-hybridized carbons (Fsp3) is 1.00. The molecular formula is C20H44N2. The first kappa shape index (κ1) is 21.9. The molecule has 0 heterocycles. The van der Waals surface area contributed by atoms with Crippen molar-refractivity contribution < 1.29 is 0 Å². The Balaban J connectivity index is 4.56. The highest BCUT2D eigenvalue weighted by Gasteiger charge is 2.34. The van der Waals surface area contributed by atoms with Crippen molar-refractivity contribution >= 4 is 0 Å². The summed E-state index contributed by atoms with van der Waals surface area (Å²) in [6.45, 7) is 20.6. The van der Waals surface area contributed by atoms with Gasteiger partial charge in [-0.15, -0.1) is 0 Å². The summed E-state index contributed by atoms with van der Waals surface area (Å²) in [5.74, 6) is 0. The number of unbranched alkanes of at least 4 members (excludes halogenated alkanes) is 5. The molecule has 0 aromatic carbocycles. The Hall–Kier alpha value is -0.0800. The van der Waals surface area contributed by atoms with E-state index in [0.717, 1.165) is 0 Å². The van der Waals surface area contributed by atoms with E-state index in [1.54, 1.807) is 0 Å². The van der Waals surface area contributed by atoms with Crippen molar-refractivity contribution in [2.75, 3.05) is 0 Å². The van der Waals surface area contributed by atoms with Crippen LogP contribution in [-0.2, 0) is 0 Å².